The van der Waals surface area contributed by atoms with Crippen molar-refractivity contribution in [1.82, 2.24) is 10.6 Å². The third-order valence-corrected chi connectivity index (χ3v) is 5.00. The van der Waals surface area contributed by atoms with E-state index in [2.05, 4.69) is 10.6 Å². The first kappa shape index (κ1) is 16.2. The summed E-state index contributed by atoms with van der Waals surface area (Å²) in [5, 5.41) is 6.97. The quantitative estimate of drug-likeness (QED) is 0.807. The summed E-state index contributed by atoms with van der Waals surface area (Å²) < 4.78 is 5.12. The lowest BCUT2D eigenvalue weighted by molar-refractivity contribution is -0.118. The Bertz CT molecular complexity index is 430. The highest BCUT2D eigenvalue weighted by molar-refractivity contribution is 8.00. The molecular formula is C16H24N2O2S. The van der Waals surface area contributed by atoms with E-state index in [0.29, 0.717) is 17.5 Å². The Morgan fingerprint density at radius 3 is 2.71 bits per heavy atom. The molecule has 21 heavy (non-hydrogen) atoms. The summed E-state index contributed by atoms with van der Waals surface area (Å²) in [6, 6.07) is 7.97. The van der Waals surface area contributed by atoms with Gasteiger partial charge in [-0.2, -0.15) is 0 Å². The highest BCUT2D eigenvalue weighted by Crippen LogP contribution is 2.19. The van der Waals surface area contributed by atoms with Crippen molar-refractivity contribution in [2.24, 2.45) is 0 Å². The number of thioether (sulfide) groups is 1. The van der Waals surface area contributed by atoms with Crippen LogP contribution in [-0.4, -0.2) is 43.7 Å². The van der Waals surface area contributed by atoms with Crippen molar-refractivity contribution >= 4 is 17.7 Å². The first-order valence-electron chi connectivity index (χ1n) is 7.50. The molecule has 1 amide bonds. The van der Waals surface area contributed by atoms with E-state index in [1.165, 1.54) is 18.4 Å². The van der Waals surface area contributed by atoms with Crippen LogP contribution in [0.4, 0.5) is 0 Å². The number of piperidine rings is 1. The molecule has 0 aromatic heterocycles. The summed E-state index contributed by atoms with van der Waals surface area (Å²) in [6.07, 6.45) is 3.20. The van der Waals surface area contributed by atoms with Crippen LogP contribution in [0.25, 0.3) is 0 Å². The van der Waals surface area contributed by atoms with Gasteiger partial charge in [-0.25, -0.2) is 0 Å². The van der Waals surface area contributed by atoms with Crippen LogP contribution >= 0.6 is 11.8 Å². The molecule has 0 saturated carbocycles. The van der Waals surface area contributed by atoms with E-state index in [4.69, 9.17) is 4.74 Å². The van der Waals surface area contributed by atoms with Gasteiger partial charge in [0.05, 0.1) is 12.9 Å². The fraction of sp³-hybridized carbons (Fsp3) is 0.562. The number of ether oxygens (including phenoxy) is 1. The maximum Gasteiger partial charge on any atom is 0.230 e. The SMILES string of the molecule is COc1ccc(CCNC(=O)CSC2CCNCC2)cc1. The lowest BCUT2D eigenvalue weighted by Crippen LogP contribution is -2.32. The number of carbonyl (C=O) groups excluding carboxylic acids is 1. The van der Waals surface area contributed by atoms with Crippen molar-refractivity contribution in [2.75, 3.05) is 32.5 Å². The van der Waals surface area contributed by atoms with Gasteiger partial charge in [-0.05, 0) is 50.0 Å². The van der Waals surface area contributed by atoms with E-state index in [9.17, 15) is 4.79 Å². The van der Waals surface area contributed by atoms with Gasteiger partial charge in [-0.3, -0.25) is 4.79 Å². The number of benzene rings is 1. The van der Waals surface area contributed by atoms with E-state index >= 15 is 0 Å². The molecule has 0 unspecified atom stereocenters. The van der Waals surface area contributed by atoms with Gasteiger partial charge < -0.3 is 15.4 Å². The van der Waals surface area contributed by atoms with Crippen LogP contribution in [0.15, 0.2) is 24.3 Å². The number of hydrogen-bond donors (Lipinski definition) is 2. The van der Waals surface area contributed by atoms with Crippen molar-refractivity contribution < 1.29 is 9.53 Å². The minimum Gasteiger partial charge on any atom is -0.497 e. The van der Waals surface area contributed by atoms with Crippen LogP contribution in [0.3, 0.4) is 0 Å². The topological polar surface area (TPSA) is 50.4 Å². The van der Waals surface area contributed by atoms with Gasteiger partial charge in [0.2, 0.25) is 5.91 Å². The predicted molar refractivity (Wildman–Crippen MR) is 88.1 cm³/mol. The molecular weight excluding hydrogens is 284 g/mol. The molecule has 1 aliphatic heterocycles. The molecule has 2 rings (SSSR count). The average Bonchev–Trinajstić information content (AvgIpc) is 2.54. The van der Waals surface area contributed by atoms with Crippen LogP contribution in [0, 0.1) is 0 Å². The van der Waals surface area contributed by atoms with Crippen LogP contribution < -0.4 is 15.4 Å². The average molecular weight is 308 g/mol. The first-order valence-corrected chi connectivity index (χ1v) is 8.55. The summed E-state index contributed by atoms with van der Waals surface area (Å²) in [6.45, 7) is 2.85. The molecule has 116 valence electrons. The van der Waals surface area contributed by atoms with Gasteiger partial charge in [-0.1, -0.05) is 12.1 Å². The maximum absolute atomic E-state index is 11.8. The number of hydrogen-bond acceptors (Lipinski definition) is 4. The highest BCUT2D eigenvalue weighted by Gasteiger charge is 2.14. The number of amides is 1. The molecule has 5 heteroatoms. The molecule has 1 aliphatic rings. The Kier molecular flexibility index (Phi) is 6.89. The van der Waals surface area contributed by atoms with E-state index in [-0.39, 0.29) is 5.91 Å². The zero-order valence-electron chi connectivity index (χ0n) is 12.6. The number of rotatable bonds is 7. The van der Waals surface area contributed by atoms with Gasteiger partial charge in [0.25, 0.3) is 0 Å². The van der Waals surface area contributed by atoms with E-state index in [0.717, 1.165) is 25.3 Å². The van der Waals surface area contributed by atoms with Crippen molar-refractivity contribution in [3.63, 3.8) is 0 Å². The fourth-order valence-corrected chi connectivity index (χ4v) is 3.40. The maximum atomic E-state index is 11.8. The first-order chi connectivity index (χ1) is 10.3. The molecule has 2 N–H and O–H groups in total. The molecule has 0 aliphatic carbocycles. The molecule has 4 nitrogen and oxygen atoms in total. The molecule has 1 aromatic rings. The van der Waals surface area contributed by atoms with Crippen LogP contribution in [0.2, 0.25) is 0 Å². The molecule has 0 bridgehead atoms. The molecule has 1 fully saturated rings. The summed E-state index contributed by atoms with van der Waals surface area (Å²) >= 11 is 1.79. The lowest BCUT2D eigenvalue weighted by Gasteiger charge is -2.21. The monoisotopic (exact) mass is 308 g/mol. The van der Waals surface area contributed by atoms with Crippen LogP contribution in [0.5, 0.6) is 5.75 Å². The second-order valence-electron chi connectivity index (χ2n) is 5.21. The summed E-state index contributed by atoms with van der Waals surface area (Å²) in [7, 11) is 1.66. The summed E-state index contributed by atoms with van der Waals surface area (Å²) in [4.78, 5) is 11.8. The van der Waals surface area contributed by atoms with Crippen molar-refractivity contribution in [2.45, 2.75) is 24.5 Å². The molecule has 1 heterocycles. The van der Waals surface area contributed by atoms with Crippen molar-refractivity contribution in [3.8, 4) is 5.75 Å². The molecule has 1 aromatic carbocycles. The van der Waals surface area contributed by atoms with Crippen molar-refractivity contribution in [3.05, 3.63) is 29.8 Å². The minimum absolute atomic E-state index is 0.145. The third kappa shape index (κ3) is 5.98. The largest absolute Gasteiger partial charge is 0.497 e. The Balaban J connectivity index is 1.59. The fourth-order valence-electron chi connectivity index (χ4n) is 2.35. The van der Waals surface area contributed by atoms with E-state index < -0.39 is 0 Å². The zero-order valence-corrected chi connectivity index (χ0v) is 13.4. The van der Waals surface area contributed by atoms with Gasteiger partial charge >= 0.3 is 0 Å². The van der Waals surface area contributed by atoms with E-state index in [1.807, 2.05) is 24.3 Å². The van der Waals surface area contributed by atoms with Crippen LogP contribution in [-0.2, 0) is 11.2 Å². The summed E-state index contributed by atoms with van der Waals surface area (Å²) in [5.41, 5.74) is 1.21. The second-order valence-corrected chi connectivity index (χ2v) is 6.50. The predicted octanol–water partition coefficient (Wildman–Crippen LogP) is 1.84. The van der Waals surface area contributed by atoms with Crippen molar-refractivity contribution in [1.29, 1.82) is 0 Å². The Morgan fingerprint density at radius 1 is 1.33 bits per heavy atom. The van der Waals surface area contributed by atoms with Gasteiger partial charge in [0.15, 0.2) is 0 Å². The number of nitrogens with one attached hydrogen (secondary N) is 2. The van der Waals surface area contributed by atoms with E-state index in [1.54, 1.807) is 18.9 Å². The second kappa shape index (κ2) is 8.95. The Hall–Kier alpha value is -1.20. The lowest BCUT2D eigenvalue weighted by atomic mass is 10.1. The normalized spacial score (nSPS) is 15.7. The van der Waals surface area contributed by atoms with Gasteiger partial charge in [0, 0.05) is 11.8 Å². The molecule has 0 radical (unpaired) electrons. The third-order valence-electron chi connectivity index (χ3n) is 3.63. The minimum atomic E-state index is 0.145. The van der Waals surface area contributed by atoms with Gasteiger partial charge in [0.1, 0.15) is 5.75 Å². The molecule has 0 atom stereocenters. The summed E-state index contributed by atoms with van der Waals surface area (Å²) in [5.74, 6) is 1.58. The van der Waals surface area contributed by atoms with Gasteiger partial charge in [-0.15, -0.1) is 11.8 Å². The number of carbonyl (C=O) groups is 1. The Morgan fingerprint density at radius 2 is 2.05 bits per heavy atom. The molecule has 1 saturated heterocycles. The Labute approximate surface area is 131 Å². The smallest absolute Gasteiger partial charge is 0.230 e. The highest BCUT2D eigenvalue weighted by atomic mass is 32.2. The standard InChI is InChI=1S/C16H24N2O2S/c1-20-14-4-2-13(3-5-14)6-11-18-16(19)12-21-15-7-9-17-10-8-15/h2-5,15,17H,6-12H2,1H3,(H,18,19). The molecule has 0 spiro atoms. The number of methoxy groups -OCH3 is 1. The van der Waals surface area contributed by atoms with Crippen LogP contribution in [0.1, 0.15) is 18.4 Å². The zero-order chi connectivity index (χ0) is 14.9.